The largest absolute Gasteiger partial charge is 0.343 e. The van der Waals surface area contributed by atoms with E-state index in [-0.39, 0.29) is 5.91 Å². The molecule has 0 bridgehead atoms. The van der Waals surface area contributed by atoms with Crippen LogP contribution in [-0.2, 0) is 9.59 Å². The maximum Gasteiger partial charge on any atom is 0.225 e. The van der Waals surface area contributed by atoms with Gasteiger partial charge < -0.3 is 10.2 Å². The van der Waals surface area contributed by atoms with Gasteiger partial charge in [-0.1, -0.05) is 12.1 Å². The normalized spacial score (nSPS) is 15.8. The van der Waals surface area contributed by atoms with Crippen molar-refractivity contribution in [1.82, 2.24) is 9.80 Å². The molecule has 1 aromatic rings. The third-order valence-electron chi connectivity index (χ3n) is 3.88. The summed E-state index contributed by atoms with van der Waals surface area (Å²) in [6, 6.07) is 6.05. The molecule has 0 aliphatic carbocycles. The Kier molecular flexibility index (Phi) is 5.33. The Bertz CT molecular complexity index is 508. The fourth-order valence-corrected chi connectivity index (χ4v) is 2.44. The van der Waals surface area contributed by atoms with Gasteiger partial charge in [-0.05, 0) is 31.0 Å². The molecule has 0 saturated carbocycles. The second kappa shape index (κ2) is 7.22. The summed E-state index contributed by atoms with van der Waals surface area (Å²) < 4.78 is 0. The molecule has 1 aliphatic heterocycles. The first-order chi connectivity index (χ1) is 10.1. The molecule has 0 unspecified atom stereocenters. The summed E-state index contributed by atoms with van der Waals surface area (Å²) in [6.07, 6.45) is 1.37. The lowest BCUT2D eigenvalue weighted by Crippen LogP contribution is -2.46. The molecule has 21 heavy (non-hydrogen) atoms. The number of rotatable bonds is 5. The maximum absolute atomic E-state index is 12.0. The quantitative estimate of drug-likeness (QED) is 0.834. The first kappa shape index (κ1) is 15.5. The van der Waals surface area contributed by atoms with Crippen molar-refractivity contribution in [3.8, 4) is 0 Å². The highest BCUT2D eigenvalue weighted by Crippen LogP contribution is 2.16. The third kappa shape index (κ3) is 4.56. The summed E-state index contributed by atoms with van der Waals surface area (Å²) in [5, 5.41) is 2.98. The monoisotopic (exact) mass is 289 g/mol. The molecule has 0 atom stereocenters. The first-order valence-electron chi connectivity index (χ1n) is 7.37. The fourth-order valence-electron chi connectivity index (χ4n) is 2.44. The van der Waals surface area contributed by atoms with Gasteiger partial charge in [-0.2, -0.15) is 0 Å². The summed E-state index contributed by atoms with van der Waals surface area (Å²) in [5.74, 6) is 0.0431. The molecule has 0 radical (unpaired) electrons. The van der Waals surface area contributed by atoms with Crippen molar-refractivity contribution in [2.24, 2.45) is 0 Å². The summed E-state index contributed by atoms with van der Waals surface area (Å²) in [4.78, 5) is 26.7. The molecule has 2 amide bonds. The summed E-state index contributed by atoms with van der Waals surface area (Å²) >= 11 is 0. The van der Waals surface area contributed by atoms with E-state index >= 15 is 0 Å². The molecule has 1 heterocycles. The van der Waals surface area contributed by atoms with Gasteiger partial charge in [0, 0.05) is 44.8 Å². The van der Waals surface area contributed by atoms with Gasteiger partial charge in [-0.25, -0.2) is 0 Å². The Labute approximate surface area is 125 Å². The Balaban J connectivity index is 1.77. The molecule has 2 rings (SSSR count). The van der Waals surface area contributed by atoms with Crippen molar-refractivity contribution in [1.29, 1.82) is 0 Å². The van der Waals surface area contributed by atoms with Crippen LogP contribution in [0.15, 0.2) is 18.2 Å². The number of nitrogens with zero attached hydrogens (tertiary/aromatic N) is 2. The number of anilines is 1. The first-order valence-corrected chi connectivity index (χ1v) is 7.37. The van der Waals surface area contributed by atoms with Crippen LogP contribution < -0.4 is 5.32 Å². The number of nitrogens with one attached hydrogen (secondary N) is 1. The van der Waals surface area contributed by atoms with Crippen LogP contribution >= 0.6 is 0 Å². The van der Waals surface area contributed by atoms with Gasteiger partial charge in [-0.15, -0.1) is 0 Å². The van der Waals surface area contributed by atoms with E-state index in [0.717, 1.165) is 55.9 Å². The SMILES string of the molecule is Cc1ccc(C)c(NC(=O)CCN2CCN(C=O)CC2)c1. The number of piperazine rings is 1. The molecule has 5 nitrogen and oxygen atoms in total. The third-order valence-corrected chi connectivity index (χ3v) is 3.88. The maximum atomic E-state index is 12.0. The number of carbonyl (C=O) groups excluding carboxylic acids is 2. The fraction of sp³-hybridized carbons (Fsp3) is 0.500. The van der Waals surface area contributed by atoms with E-state index < -0.39 is 0 Å². The molecule has 0 aromatic heterocycles. The van der Waals surface area contributed by atoms with E-state index in [2.05, 4.69) is 10.2 Å². The standard InChI is InChI=1S/C16H23N3O2/c1-13-3-4-14(2)15(11-13)17-16(21)5-6-18-7-9-19(12-20)10-8-18/h3-4,11-12H,5-10H2,1-2H3,(H,17,21). The van der Waals surface area contributed by atoms with E-state index in [1.54, 1.807) is 4.90 Å². The molecular formula is C16H23N3O2. The minimum atomic E-state index is 0.0431. The molecular weight excluding hydrogens is 266 g/mol. The summed E-state index contributed by atoms with van der Waals surface area (Å²) in [7, 11) is 0. The van der Waals surface area contributed by atoms with Crippen LogP contribution in [0.4, 0.5) is 5.69 Å². The van der Waals surface area contributed by atoms with E-state index in [1.165, 1.54) is 0 Å². The summed E-state index contributed by atoms with van der Waals surface area (Å²) in [5.41, 5.74) is 3.11. The average molecular weight is 289 g/mol. The van der Waals surface area contributed by atoms with Crippen molar-refractivity contribution in [3.63, 3.8) is 0 Å². The minimum absolute atomic E-state index is 0.0431. The number of hydrogen-bond donors (Lipinski definition) is 1. The van der Waals surface area contributed by atoms with Crippen LogP contribution in [0.1, 0.15) is 17.5 Å². The van der Waals surface area contributed by atoms with Gasteiger partial charge in [-0.3, -0.25) is 14.5 Å². The van der Waals surface area contributed by atoms with E-state index in [1.807, 2.05) is 32.0 Å². The minimum Gasteiger partial charge on any atom is -0.343 e. The number of hydrogen-bond acceptors (Lipinski definition) is 3. The highest BCUT2D eigenvalue weighted by molar-refractivity contribution is 5.91. The van der Waals surface area contributed by atoms with Crippen molar-refractivity contribution in [3.05, 3.63) is 29.3 Å². The molecule has 0 spiro atoms. The van der Waals surface area contributed by atoms with Gasteiger partial charge in [0.15, 0.2) is 0 Å². The average Bonchev–Trinajstić information content (AvgIpc) is 2.49. The molecule has 1 saturated heterocycles. The highest BCUT2D eigenvalue weighted by Gasteiger charge is 2.16. The molecule has 1 aliphatic rings. The number of carbonyl (C=O) groups is 2. The van der Waals surface area contributed by atoms with Crippen LogP contribution in [-0.4, -0.2) is 54.8 Å². The lowest BCUT2D eigenvalue weighted by Gasteiger charge is -2.32. The van der Waals surface area contributed by atoms with Gasteiger partial charge in [0.05, 0.1) is 0 Å². The highest BCUT2D eigenvalue weighted by atomic mass is 16.1. The zero-order valence-electron chi connectivity index (χ0n) is 12.8. The lowest BCUT2D eigenvalue weighted by molar-refractivity contribution is -0.120. The summed E-state index contributed by atoms with van der Waals surface area (Å²) in [6.45, 7) is 7.94. The van der Waals surface area contributed by atoms with Crippen LogP contribution in [0.3, 0.4) is 0 Å². The number of amides is 2. The Morgan fingerprint density at radius 3 is 2.62 bits per heavy atom. The van der Waals surface area contributed by atoms with Gasteiger partial charge in [0.1, 0.15) is 0 Å². The van der Waals surface area contributed by atoms with Crippen molar-refractivity contribution >= 4 is 18.0 Å². The smallest absolute Gasteiger partial charge is 0.225 e. The molecule has 1 N–H and O–H groups in total. The Morgan fingerprint density at radius 2 is 1.95 bits per heavy atom. The number of benzene rings is 1. The van der Waals surface area contributed by atoms with E-state index in [0.29, 0.717) is 6.42 Å². The van der Waals surface area contributed by atoms with Crippen LogP contribution in [0.25, 0.3) is 0 Å². The Morgan fingerprint density at radius 1 is 1.24 bits per heavy atom. The van der Waals surface area contributed by atoms with Crippen LogP contribution in [0.5, 0.6) is 0 Å². The zero-order valence-corrected chi connectivity index (χ0v) is 12.8. The second-order valence-electron chi connectivity index (χ2n) is 5.60. The predicted molar refractivity (Wildman–Crippen MR) is 83.2 cm³/mol. The topological polar surface area (TPSA) is 52.7 Å². The van der Waals surface area contributed by atoms with Crippen molar-refractivity contribution < 1.29 is 9.59 Å². The second-order valence-corrected chi connectivity index (χ2v) is 5.60. The van der Waals surface area contributed by atoms with E-state index in [9.17, 15) is 9.59 Å². The van der Waals surface area contributed by atoms with E-state index in [4.69, 9.17) is 0 Å². The van der Waals surface area contributed by atoms with Gasteiger partial charge in [0.2, 0.25) is 12.3 Å². The van der Waals surface area contributed by atoms with Crippen LogP contribution in [0, 0.1) is 13.8 Å². The number of aryl methyl sites for hydroxylation is 2. The molecule has 1 aromatic carbocycles. The zero-order chi connectivity index (χ0) is 15.2. The predicted octanol–water partition coefficient (Wildman–Crippen LogP) is 1.41. The molecule has 114 valence electrons. The Hall–Kier alpha value is -1.88. The lowest BCUT2D eigenvalue weighted by atomic mass is 10.1. The van der Waals surface area contributed by atoms with Gasteiger partial charge in [0.25, 0.3) is 0 Å². The van der Waals surface area contributed by atoms with Gasteiger partial charge >= 0.3 is 0 Å². The molecule has 1 fully saturated rings. The van der Waals surface area contributed by atoms with Crippen molar-refractivity contribution in [2.75, 3.05) is 38.0 Å². The molecule has 5 heteroatoms. The van der Waals surface area contributed by atoms with Crippen LogP contribution in [0.2, 0.25) is 0 Å². The van der Waals surface area contributed by atoms with Crippen molar-refractivity contribution in [2.45, 2.75) is 20.3 Å².